The molecule has 2 fully saturated rings. The van der Waals surface area contributed by atoms with Gasteiger partial charge in [-0.2, -0.15) is 0 Å². The first-order chi connectivity index (χ1) is 8.79. The summed E-state index contributed by atoms with van der Waals surface area (Å²) in [5, 5.41) is 0. The van der Waals surface area contributed by atoms with Crippen LogP contribution in [0.5, 0.6) is 0 Å². The SMILES string of the molecule is CCOC(=O)[C@H]1CCCN(CCC2CCCO2)C1. The minimum Gasteiger partial charge on any atom is -0.466 e. The molecule has 2 aliphatic heterocycles. The molecule has 4 nitrogen and oxygen atoms in total. The van der Waals surface area contributed by atoms with Crippen molar-refractivity contribution < 1.29 is 14.3 Å². The normalized spacial score (nSPS) is 29.4. The van der Waals surface area contributed by atoms with E-state index in [9.17, 15) is 4.79 Å². The lowest BCUT2D eigenvalue weighted by atomic mass is 9.98. The molecule has 2 aliphatic rings. The Morgan fingerprint density at radius 3 is 3.00 bits per heavy atom. The highest BCUT2D eigenvalue weighted by atomic mass is 16.5. The Kier molecular flexibility index (Phi) is 5.45. The van der Waals surface area contributed by atoms with Gasteiger partial charge in [-0.3, -0.25) is 4.79 Å². The van der Waals surface area contributed by atoms with Gasteiger partial charge in [0.15, 0.2) is 0 Å². The number of hydrogen-bond donors (Lipinski definition) is 0. The minimum atomic E-state index is -0.0145. The Balaban J connectivity index is 1.70. The number of nitrogens with zero attached hydrogens (tertiary/aromatic N) is 1. The maximum absolute atomic E-state index is 11.7. The molecule has 4 heteroatoms. The van der Waals surface area contributed by atoms with Crippen LogP contribution >= 0.6 is 0 Å². The van der Waals surface area contributed by atoms with Gasteiger partial charge in [-0.25, -0.2) is 0 Å². The number of likely N-dealkylation sites (tertiary alicyclic amines) is 1. The molecule has 0 saturated carbocycles. The molecular formula is C14H25NO3. The Labute approximate surface area is 110 Å². The lowest BCUT2D eigenvalue weighted by Crippen LogP contribution is -2.40. The van der Waals surface area contributed by atoms with Crippen LogP contribution in [0, 0.1) is 5.92 Å². The van der Waals surface area contributed by atoms with Crippen molar-refractivity contribution in [1.29, 1.82) is 0 Å². The van der Waals surface area contributed by atoms with Gasteiger partial charge in [-0.05, 0) is 45.6 Å². The summed E-state index contributed by atoms with van der Waals surface area (Å²) in [7, 11) is 0. The largest absolute Gasteiger partial charge is 0.466 e. The monoisotopic (exact) mass is 255 g/mol. The predicted octanol–water partition coefficient (Wildman–Crippen LogP) is 1.83. The zero-order valence-corrected chi connectivity index (χ0v) is 11.4. The molecular weight excluding hydrogens is 230 g/mol. The molecule has 0 amide bonds. The molecule has 0 aromatic heterocycles. The number of hydrogen-bond acceptors (Lipinski definition) is 4. The van der Waals surface area contributed by atoms with Crippen molar-refractivity contribution in [2.24, 2.45) is 5.92 Å². The third-order valence-corrected chi connectivity index (χ3v) is 3.92. The third-order valence-electron chi connectivity index (χ3n) is 3.92. The van der Waals surface area contributed by atoms with Crippen molar-refractivity contribution in [1.82, 2.24) is 4.90 Å². The summed E-state index contributed by atoms with van der Waals surface area (Å²) >= 11 is 0. The van der Waals surface area contributed by atoms with Crippen LogP contribution < -0.4 is 0 Å². The second-order valence-corrected chi connectivity index (χ2v) is 5.32. The van der Waals surface area contributed by atoms with Crippen LogP contribution in [-0.4, -0.2) is 49.8 Å². The first kappa shape index (κ1) is 13.8. The van der Waals surface area contributed by atoms with Crippen LogP contribution in [0.15, 0.2) is 0 Å². The van der Waals surface area contributed by atoms with Gasteiger partial charge in [-0.15, -0.1) is 0 Å². The van der Waals surface area contributed by atoms with Gasteiger partial charge in [0, 0.05) is 19.7 Å². The maximum atomic E-state index is 11.7. The first-order valence-corrected chi connectivity index (χ1v) is 7.30. The lowest BCUT2D eigenvalue weighted by Gasteiger charge is -2.31. The maximum Gasteiger partial charge on any atom is 0.310 e. The molecule has 0 spiro atoms. The zero-order chi connectivity index (χ0) is 12.8. The molecule has 0 radical (unpaired) electrons. The minimum absolute atomic E-state index is 0.0145. The number of carbonyl (C=O) groups excluding carboxylic acids is 1. The van der Waals surface area contributed by atoms with Crippen LogP contribution in [0.25, 0.3) is 0 Å². The van der Waals surface area contributed by atoms with Crippen molar-refractivity contribution in [2.45, 2.75) is 45.1 Å². The number of carbonyl (C=O) groups is 1. The van der Waals surface area contributed by atoms with E-state index in [0.717, 1.165) is 45.5 Å². The highest BCUT2D eigenvalue weighted by Crippen LogP contribution is 2.20. The Morgan fingerprint density at radius 1 is 1.39 bits per heavy atom. The van der Waals surface area contributed by atoms with E-state index in [2.05, 4.69) is 4.90 Å². The number of ether oxygens (including phenoxy) is 2. The molecule has 2 rings (SSSR count). The van der Waals surface area contributed by atoms with E-state index in [4.69, 9.17) is 9.47 Å². The second kappa shape index (κ2) is 7.10. The van der Waals surface area contributed by atoms with Gasteiger partial charge >= 0.3 is 5.97 Å². The van der Waals surface area contributed by atoms with Gasteiger partial charge in [0.2, 0.25) is 0 Å². The molecule has 0 N–H and O–H groups in total. The highest BCUT2D eigenvalue weighted by Gasteiger charge is 2.27. The summed E-state index contributed by atoms with van der Waals surface area (Å²) in [5.74, 6) is 0.0718. The molecule has 104 valence electrons. The number of piperidine rings is 1. The van der Waals surface area contributed by atoms with E-state index < -0.39 is 0 Å². The van der Waals surface area contributed by atoms with Crippen molar-refractivity contribution in [2.75, 3.05) is 32.8 Å². The summed E-state index contributed by atoms with van der Waals surface area (Å²) in [6, 6.07) is 0. The fourth-order valence-electron chi connectivity index (χ4n) is 2.91. The standard InChI is InChI=1S/C14H25NO3/c1-2-17-14(16)12-5-3-8-15(11-12)9-7-13-6-4-10-18-13/h12-13H,2-11H2,1H3/t12-,13?/m0/s1. The summed E-state index contributed by atoms with van der Waals surface area (Å²) in [5.41, 5.74) is 0. The van der Waals surface area contributed by atoms with Crippen LogP contribution in [-0.2, 0) is 14.3 Å². The Morgan fingerprint density at radius 2 is 2.28 bits per heavy atom. The van der Waals surface area contributed by atoms with Crippen molar-refractivity contribution >= 4 is 5.97 Å². The van der Waals surface area contributed by atoms with Crippen LogP contribution in [0.4, 0.5) is 0 Å². The van der Waals surface area contributed by atoms with Gasteiger partial charge < -0.3 is 14.4 Å². The van der Waals surface area contributed by atoms with Gasteiger partial charge in [-0.1, -0.05) is 0 Å². The fourth-order valence-corrected chi connectivity index (χ4v) is 2.91. The first-order valence-electron chi connectivity index (χ1n) is 7.30. The predicted molar refractivity (Wildman–Crippen MR) is 69.4 cm³/mol. The molecule has 18 heavy (non-hydrogen) atoms. The van der Waals surface area contributed by atoms with Crippen LogP contribution in [0.3, 0.4) is 0 Å². The Hall–Kier alpha value is -0.610. The lowest BCUT2D eigenvalue weighted by molar-refractivity contribution is -0.149. The summed E-state index contributed by atoms with van der Waals surface area (Å²) in [6.45, 7) is 6.33. The molecule has 2 heterocycles. The summed E-state index contributed by atoms with van der Waals surface area (Å²) in [6.07, 6.45) is 6.05. The highest BCUT2D eigenvalue weighted by molar-refractivity contribution is 5.72. The number of rotatable bonds is 5. The number of esters is 1. The van der Waals surface area contributed by atoms with Crippen LogP contribution in [0.1, 0.15) is 39.0 Å². The topological polar surface area (TPSA) is 38.8 Å². The molecule has 2 saturated heterocycles. The zero-order valence-electron chi connectivity index (χ0n) is 11.4. The van der Waals surface area contributed by atoms with E-state index in [1.807, 2.05) is 6.92 Å². The fraction of sp³-hybridized carbons (Fsp3) is 0.929. The third kappa shape index (κ3) is 3.95. The average Bonchev–Trinajstić information content (AvgIpc) is 2.90. The van der Waals surface area contributed by atoms with Crippen LogP contribution in [0.2, 0.25) is 0 Å². The van der Waals surface area contributed by atoms with E-state index in [0.29, 0.717) is 12.7 Å². The average molecular weight is 255 g/mol. The summed E-state index contributed by atoms with van der Waals surface area (Å²) in [4.78, 5) is 14.1. The molecule has 0 aliphatic carbocycles. The van der Waals surface area contributed by atoms with E-state index >= 15 is 0 Å². The summed E-state index contributed by atoms with van der Waals surface area (Å²) < 4.78 is 10.8. The smallest absolute Gasteiger partial charge is 0.310 e. The van der Waals surface area contributed by atoms with E-state index in [1.54, 1.807) is 0 Å². The van der Waals surface area contributed by atoms with E-state index in [1.165, 1.54) is 12.8 Å². The second-order valence-electron chi connectivity index (χ2n) is 5.32. The molecule has 0 aromatic rings. The Bertz CT molecular complexity index is 264. The van der Waals surface area contributed by atoms with Crippen molar-refractivity contribution in [3.05, 3.63) is 0 Å². The molecule has 2 atom stereocenters. The van der Waals surface area contributed by atoms with Gasteiger partial charge in [0.25, 0.3) is 0 Å². The quantitative estimate of drug-likeness (QED) is 0.703. The van der Waals surface area contributed by atoms with Gasteiger partial charge in [0.1, 0.15) is 0 Å². The van der Waals surface area contributed by atoms with Gasteiger partial charge in [0.05, 0.1) is 18.6 Å². The van der Waals surface area contributed by atoms with E-state index in [-0.39, 0.29) is 11.9 Å². The van der Waals surface area contributed by atoms with Crippen molar-refractivity contribution in [3.63, 3.8) is 0 Å². The molecule has 1 unspecified atom stereocenters. The van der Waals surface area contributed by atoms with Crippen molar-refractivity contribution in [3.8, 4) is 0 Å². The molecule has 0 aromatic carbocycles. The molecule has 0 bridgehead atoms.